The number of aliphatic carboxylic acids is 1. The zero-order chi connectivity index (χ0) is 25.8. The van der Waals surface area contributed by atoms with Crippen molar-refractivity contribution in [1.82, 2.24) is 35.7 Å². The van der Waals surface area contributed by atoms with Crippen LogP contribution in [0.25, 0.3) is 0 Å². The van der Waals surface area contributed by atoms with Gasteiger partial charge in [-0.1, -0.05) is 42.1 Å². The minimum atomic E-state index is -1.45. The number of hydrogen-bond acceptors (Lipinski definition) is 10. The summed E-state index contributed by atoms with van der Waals surface area (Å²) in [6.07, 6.45) is -1.45. The van der Waals surface area contributed by atoms with Gasteiger partial charge < -0.3 is 26.6 Å². The highest BCUT2D eigenvalue weighted by molar-refractivity contribution is 8.01. The number of thioether (sulfide) groups is 2. The van der Waals surface area contributed by atoms with Gasteiger partial charge in [0.15, 0.2) is 6.10 Å². The average Bonchev–Trinajstić information content (AvgIpc) is 3.32. The van der Waals surface area contributed by atoms with Gasteiger partial charge in [0.25, 0.3) is 11.8 Å². The number of carboxylic acids is 1. The highest BCUT2D eigenvalue weighted by atomic mass is 32.2. The van der Waals surface area contributed by atoms with E-state index in [4.69, 9.17) is 5.73 Å². The van der Waals surface area contributed by atoms with Gasteiger partial charge in [-0.3, -0.25) is 14.5 Å². The molecule has 2 unspecified atom stereocenters. The molecule has 0 saturated carbocycles. The van der Waals surface area contributed by atoms with Gasteiger partial charge in [-0.05, 0) is 21.6 Å². The Morgan fingerprint density at radius 3 is 2.72 bits per heavy atom. The molecule has 1 aromatic heterocycles. The number of primary amides is 1. The van der Waals surface area contributed by atoms with Crippen molar-refractivity contribution in [3.63, 3.8) is 0 Å². The van der Waals surface area contributed by atoms with E-state index in [0.717, 1.165) is 4.90 Å². The smallest absolute Gasteiger partial charge is 0.352 e. The fourth-order valence-electron chi connectivity index (χ4n) is 3.69. The molecule has 2 aliphatic rings. The maximum Gasteiger partial charge on any atom is 0.352 e. The van der Waals surface area contributed by atoms with Crippen molar-refractivity contribution in [2.45, 2.75) is 29.2 Å². The number of carbonyl (C=O) groups excluding carboxylic acids is 3. The number of β-lactam (4-membered cyclic amide) rings is 1. The quantitative estimate of drug-likeness (QED) is 0.183. The Kier molecular flexibility index (Phi) is 7.76. The number of urea groups is 1. The van der Waals surface area contributed by atoms with E-state index in [-0.39, 0.29) is 24.5 Å². The zero-order valence-corrected chi connectivity index (χ0v) is 20.2. The van der Waals surface area contributed by atoms with Crippen LogP contribution in [0.2, 0.25) is 0 Å². The number of tetrazole rings is 1. The first kappa shape index (κ1) is 25.5. The first-order valence-electron chi connectivity index (χ1n) is 10.6. The van der Waals surface area contributed by atoms with Crippen molar-refractivity contribution in [1.29, 1.82) is 0 Å². The fraction of sp³-hybridized carbons (Fsp3) is 0.350. The predicted molar refractivity (Wildman–Crippen MR) is 127 cm³/mol. The Labute approximate surface area is 212 Å². The summed E-state index contributed by atoms with van der Waals surface area (Å²) in [5.74, 6) is -2.05. The van der Waals surface area contributed by atoms with E-state index in [1.165, 1.54) is 28.2 Å². The Balaban J connectivity index is 1.41. The van der Waals surface area contributed by atoms with Gasteiger partial charge in [0.1, 0.15) is 17.1 Å². The summed E-state index contributed by atoms with van der Waals surface area (Å²) in [5.41, 5.74) is 5.78. The second kappa shape index (κ2) is 11.0. The number of aromatic nitrogens is 4. The molecule has 1 saturated heterocycles. The van der Waals surface area contributed by atoms with Crippen molar-refractivity contribution in [3.8, 4) is 0 Å². The van der Waals surface area contributed by atoms with Crippen molar-refractivity contribution < 1.29 is 29.4 Å². The highest BCUT2D eigenvalue weighted by Crippen LogP contribution is 2.41. The molecule has 2 aliphatic heterocycles. The van der Waals surface area contributed by atoms with Crippen molar-refractivity contribution >= 4 is 47.3 Å². The van der Waals surface area contributed by atoms with E-state index in [1.807, 2.05) is 0 Å². The Bertz CT molecular complexity index is 1210. The van der Waals surface area contributed by atoms with Crippen molar-refractivity contribution in [2.75, 3.05) is 18.1 Å². The molecule has 4 amide bonds. The molecule has 6 N–H and O–H groups in total. The second-order valence-corrected chi connectivity index (χ2v) is 9.78. The number of nitrogens with one attached hydrogen (secondary N) is 2. The highest BCUT2D eigenvalue weighted by Gasteiger charge is 2.54. The molecule has 36 heavy (non-hydrogen) atoms. The fourth-order valence-corrected chi connectivity index (χ4v) is 6.08. The van der Waals surface area contributed by atoms with Crippen LogP contribution in [0.15, 0.2) is 46.8 Å². The largest absolute Gasteiger partial charge is 0.477 e. The van der Waals surface area contributed by atoms with Gasteiger partial charge in [-0.15, -0.1) is 16.9 Å². The number of benzene rings is 1. The lowest BCUT2D eigenvalue weighted by Crippen LogP contribution is -2.70. The SMILES string of the molecule is NC(=O)NCCn1nnnc1SCC1=C(C(=O)O)N2C(=O)C(NC(=O)C(O)c3ccccc3)[C@H]2SC1. The summed E-state index contributed by atoms with van der Waals surface area (Å²) in [6, 6.07) is 6.66. The Hall–Kier alpha value is -3.63. The minimum Gasteiger partial charge on any atom is -0.477 e. The van der Waals surface area contributed by atoms with Crippen LogP contribution in [-0.2, 0) is 20.9 Å². The van der Waals surface area contributed by atoms with E-state index < -0.39 is 41.3 Å². The third-order valence-electron chi connectivity index (χ3n) is 5.41. The number of carbonyl (C=O) groups is 4. The topological polar surface area (TPSA) is 206 Å². The van der Waals surface area contributed by atoms with Crippen LogP contribution in [0.3, 0.4) is 0 Å². The van der Waals surface area contributed by atoms with Crippen molar-refractivity contribution in [2.24, 2.45) is 5.73 Å². The van der Waals surface area contributed by atoms with E-state index >= 15 is 0 Å². The molecule has 4 rings (SSSR count). The summed E-state index contributed by atoms with van der Waals surface area (Å²) in [4.78, 5) is 49.4. The number of hydrogen-bond donors (Lipinski definition) is 5. The Morgan fingerprint density at radius 1 is 1.28 bits per heavy atom. The molecule has 0 radical (unpaired) electrons. The molecule has 0 bridgehead atoms. The molecular weight excluding hydrogens is 512 g/mol. The summed E-state index contributed by atoms with van der Waals surface area (Å²) in [7, 11) is 0. The van der Waals surface area contributed by atoms with Crippen LogP contribution in [0, 0.1) is 0 Å². The van der Waals surface area contributed by atoms with Crippen LogP contribution in [0.5, 0.6) is 0 Å². The number of fused-ring (bicyclic) bond motifs is 1. The molecular formula is C20H22N8O6S2. The Morgan fingerprint density at radius 2 is 2.03 bits per heavy atom. The number of nitrogens with two attached hydrogens (primary N) is 1. The van der Waals surface area contributed by atoms with Gasteiger partial charge in [-0.2, -0.15) is 0 Å². The molecule has 1 aromatic carbocycles. The first-order valence-corrected chi connectivity index (χ1v) is 12.7. The van der Waals surface area contributed by atoms with Crippen LogP contribution in [0.4, 0.5) is 4.79 Å². The molecule has 190 valence electrons. The van der Waals surface area contributed by atoms with Gasteiger partial charge in [0.05, 0.1) is 6.54 Å². The molecule has 0 aliphatic carbocycles. The number of amides is 4. The number of aliphatic hydroxyl groups excluding tert-OH is 1. The minimum absolute atomic E-state index is 0.139. The maximum absolute atomic E-state index is 12.8. The summed E-state index contributed by atoms with van der Waals surface area (Å²) >= 11 is 2.51. The molecule has 14 nitrogen and oxygen atoms in total. The molecule has 16 heteroatoms. The summed E-state index contributed by atoms with van der Waals surface area (Å²) < 4.78 is 1.44. The number of carboxylic acid groups (broad SMARTS) is 1. The van der Waals surface area contributed by atoms with Gasteiger partial charge in [0.2, 0.25) is 5.16 Å². The lowest BCUT2D eigenvalue weighted by atomic mass is 10.0. The van der Waals surface area contributed by atoms with Gasteiger partial charge >= 0.3 is 12.0 Å². The van der Waals surface area contributed by atoms with Crippen LogP contribution < -0.4 is 16.4 Å². The zero-order valence-electron chi connectivity index (χ0n) is 18.6. The summed E-state index contributed by atoms with van der Waals surface area (Å²) in [6.45, 7) is 0.476. The monoisotopic (exact) mass is 534 g/mol. The number of rotatable bonds is 10. The third kappa shape index (κ3) is 5.29. The number of aliphatic hydroxyl groups is 1. The van der Waals surface area contributed by atoms with E-state index in [1.54, 1.807) is 30.3 Å². The van der Waals surface area contributed by atoms with Gasteiger partial charge in [0, 0.05) is 18.1 Å². The molecule has 2 aromatic rings. The van der Waals surface area contributed by atoms with Crippen LogP contribution in [0.1, 0.15) is 11.7 Å². The van der Waals surface area contributed by atoms with E-state index in [0.29, 0.717) is 22.0 Å². The van der Waals surface area contributed by atoms with Crippen molar-refractivity contribution in [3.05, 3.63) is 47.2 Å². The molecule has 3 atom stereocenters. The molecule has 0 spiro atoms. The van der Waals surface area contributed by atoms with Crippen LogP contribution in [-0.4, -0.2) is 88.6 Å². The maximum atomic E-state index is 12.8. The normalized spacial score (nSPS) is 19.8. The van der Waals surface area contributed by atoms with Crippen LogP contribution >= 0.6 is 23.5 Å². The lowest BCUT2D eigenvalue weighted by molar-refractivity contribution is -0.151. The predicted octanol–water partition coefficient (Wildman–Crippen LogP) is -1.09. The second-order valence-electron chi connectivity index (χ2n) is 7.73. The third-order valence-corrected chi connectivity index (χ3v) is 7.79. The number of nitrogens with zero attached hydrogens (tertiary/aromatic N) is 5. The standard InChI is InChI=1S/C20H22N8O6S2/c21-19(34)22-6-7-27-20(24-25-26-27)36-9-11-8-35-17-12(16(31)28(17)13(11)18(32)33)23-15(30)14(29)10-4-2-1-3-5-10/h1-5,12,14,17,29H,6-9H2,(H,23,30)(H,32,33)(H3,21,22,34)/t12?,14?,17-/m1/s1. The molecule has 3 heterocycles. The van der Waals surface area contributed by atoms with Gasteiger partial charge in [-0.25, -0.2) is 14.3 Å². The first-order chi connectivity index (χ1) is 17.3. The van der Waals surface area contributed by atoms with E-state index in [2.05, 4.69) is 26.2 Å². The lowest BCUT2D eigenvalue weighted by Gasteiger charge is -2.49. The molecule has 1 fully saturated rings. The van der Waals surface area contributed by atoms with E-state index in [9.17, 15) is 29.4 Å². The average molecular weight is 535 g/mol. The summed E-state index contributed by atoms with van der Waals surface area (Å²) in [5, 5.41) is 36.2.